The third kappa shape index (κ3) is 5.49. The number of para-hydroxylation sites is 1. The van der Waals surface area contributed by atoms with Gasteiger partial charge in [-0.2, -0.15) is 8.42 Å². The fourth-order valence-electron chi connectivity index (χ4n) is 1.70. The Morgan fingerprint density at radius 2 is 1.60 bits per heavy atom. The Hall–Kier alpha value is -3.09. The van der Waals surface area contributed by atoms with E-state index in [-0.39, 0.29) is 10.6 Å². The molecule has 0 aliphatic rings. The van der Waals surface area contributed by atoms with Crippen LogP contribution in [0, 0.1) is 27.2 Å². The van der Waals surface area contributed by atoms with Crippen LogP contribution in [0.1, 0.15) is 5.56 Å². The molecule has 0 radical (unpaired) electrons. The van der Waals surface area contributed by atoms with Crippen LogP contribution in [0.3, 0.4) is 0 Å². The molecule has 4 N–H and O–H groups in total. The highest BCUT2D eigenvalue weighted by Gasteiger charge is 2.27. The quantitative estimate of drug-likeness (QED) is 0.314. The van der Waals surface area contributed by atoms with E-state index in [1.807, 2.05) is 12.3 Å². The average Bonchev–Trinajstić information content (AvgIpc) is 2.54. The van der Waals surface area contributed by atoms with Crippen LogP contribution < -0.4 is 11.3 Å². The molecule has 2 aromatic rings. The number of rotatable bonds is 4. The van der Waals surface area contributed by atoms with Crippen LogP contribution in [0.4, 0.5) is 17.1 Å². The van der Waals surface area contributed by atoms with Crippen LogP contribution >= 0.6 is 0 Å². The molecule has 0 aromatic heterocycles. The summed E-state index contributed by atoms with van der Waals surface area (Å²) in [5, 5.41) is 20.9. The van der Waals surface area contributed by atoms with Crippen molar-refractivity contribution in [2.24, 2.45) is 5.84 Å². The molecule has 11 nitrogen and oxygen atoms in total. The third-order valence-corrected chi connectivity index (χ3v) is 3.74. The highest BCUT2D eigenvalue weighted by Crippen LogP contribution is 2.33. The van der Waals surface area contributed by atoms with Gasteiger partial charge in [-0.25, -0.2) is 0 Å². The molecular weight excluding hydrogens is 356 g/mol. The molecule has 0 amide bonds. The summed E-state index contributed by atoms with van der Waals surface area (Å²) >= 11 is 0. The molecule has 0 unspecified atom stereocenters. The summed E-state index contributed by atoms with van der Waals surface area (Å²) in [5.41, 5.74) is 1.66. The molecule has 12 heteroatoms. The van der Waals surface area contributed by atoms with Gasteiger partial charge in [0.05, 0.1) is 14.7 Å². The van der Waals surface area contributed by atoms with E-state index in [0.717, 1.165) is 11.6 Å². The van der Waals surface area contributed by atoms with Gasteiger partial charge < -0.3 is 5.43 Å². The third-order valence-electron chi connectivity index (χ3n) is 2.87. The number of nitrogens with zero attached hydrogens (tertiary/aromatic N) is 2. The Balaban J connectivity index is 0.000000257. The summed E-state index contributed by atoms with van der Waals surface area (Å²) in [7, 11) is -4.02. The molecule has 0 fully saturated rings. The summed E-state index contributed by atoms with van der Waals surface area (Å²) in [5.74, 6) is 4.98. The highest BCUT2D eigenvalue weighted by atomic mass is 32.2. The summed E-state index contributed by atoms with van der Waals surface area (Å²) in [4.78, 5) is 19.2. The lowest BCUT2D eigenvalue weighted by molar-refractivity contribution is -0.421. The Kier molecular flexibility index (Phi) is 6.50. The summed E-state index contributed by atoms with van der Waals surface area (Å²) in [6, 6.07) is 9.62. The van der Waals surface area contributed by atoms with Crippen molar-refractivity contribution in [2.75, 3.05) is 5.43 Å². The lowest BCUT2D eigenvalue weighted by Gasteiger charge is -2.00. The van der Waals surface area contributed by atoms with Crippen molar-refractivity contribution in [3.63, 3.8) is 0 Å². The molecule has 134 valence electrons. The molecule has 0 bridgehead atoms. The van der Waals surface area contributed by atoms with E-state index in [2.05, 4.69) is 0 Å². The van der Waals surface area contributed by atoms with E-state index in [1.165, 1.54) is 24.3 Å². The predicted octanol–water partition coefficient (Wildman–Crippen LogP) is 2.03. The number of nitrogen functional groups attached to an aromatic ring is 1. The number of benzene rings is 2. The second kappa shape index (κ2) is 8.14. The fraction of sp³-hybridized carbons (Fsp3) is 0.0769. The first-order valence-corrected chi connectivity index (χ1v) is 7.94. The van der Waals surface area contributed by atoms with Crippen molar-refractivity contribution in [2.45, 2.75) is 11.8 Å². The van der Waals surface area contributed by atoms with Crippen LogP contribution in [0.5, 0.6) is 0 Å². The van der Waals surface area contributed by atoms with E-state index >= 15 is 0 Å². The number of hydrogen-bond donors (Lipinski definition) is 3. The monoisotopic (exact) mass is 370 g/mol. The first-order chi connectivity index (χ1) is 11.6. The van der Waals surface area contributed by atoms with Gasteiger partial charge in [0.15, 0.2) is 0 Å². The molecule has 0 aliphatic heterocycles. The van der Waals surface area contributed by atoms with Crippen LogP contribution in [-0.4, -0.2) is 22.8 Å². The fourth-order valence-corrected chi connectivity index (χ4v) is 2.18. The first-order valence-electron chi connectivity index (χ1n) is 6.50. The number of hydrazine groups is 1. The Morgan fingerprint density at radius 1 is 1.04 bits per heavy atom. The van der Waals surface area contributed by atoms with Crippen molar-refractivity contribution < 1.29 is 22.8 Å². The molecule has 0 atom stereocenters. The molecule has 25 heavy (non-hydrogen) atoms. The zero-order valence-electron chi connectivity index (χ0n) is 12.8. The number of nitro groups is 2. The molecule has 2 rings (SSSR count). The average molecular weight is 370 g/mol. The maximum absolute atomic E-state index is 10.5. The van der Waals surface area contributed by atoms with Crippen LogP contribution in [0.15, 0.2) is 47.4 Å². The van der Waals surface area contributed by atoms with Crippen LogP contribution in [0.2, 0.25) is 0 Å². The molecule has 0 aliphatic carbocycles. The van der Waals surface area contributed by atoms with E-state index in [0.29, 0.717) is 0 Å². The smallest absolute Gasteiger partial charge is 0.318 e. The van der Waals surface area contributed by atoms with Crippen molar-refractivity contribution >= 4 is 27.2 Å². The Labute approximate surface area is 142 Å². The normalized spacial score (nSPS) is 10.4. The zero-order chi connectivity index (χ0) is 19.2. The van der Waals surface area contributed by atoms with Crippen LogP contribution in [0.25, 0.3) is 0 Å². The van der Waals surface area contributed by atoms with Crippen molar-refractivity contribution in [3.05, 3.63) is 68.3 Å². The Bertz CT molecular complexity index is 882. The van der Waals surface area contributed by atoms with Crippen molar-refractivity contribution in [1.82, 2.24) is 0 Å². The van der Waals surface area contributed by atoms with Gasteiger partial charge in [0.25, 0.3) is 10.1 Å². The van der Waals surface area contributed by atoms with Gasteiger partial charge in [0, 0.05) is 6.07 Å². The number of hydrogen-bond acceptors (Lipinski definition) is 8. The number of nitro benzene ring substituents is 2. The molecule has 2 aromatic carbocycles. The van der Waals surface area contributed by atoms with Gasteiger partial charge in [-0.05, 0) is 25.1 Å². The number of aryl methyl sites for hydroxylation is 1. The second-order valence-corrected chi connectivity index (χ2v) is 6.04. The lowest BCUT2D eigenvalue weighted by atomic mass is 10.2. The second-order valence-electron chi connectivity index (χ2n) is 4.62. The van der Waals surface area contributed by atoms with E-state index in [1.54, 1.807) is 12.1 Å². The predicted molar refractivity (Wildman–Crippen MR) is 88.6 cm³/mol. The van der Waals surface area contributed by atoms with Gasteiger partial charge in [-0.15, -0.1) is 0 Å². The maximum Gasteiger partial charge on any atom is 0.370 e. The zero-order valence-corrected chi connectivity index (χ0v) is 13.6. The van der Waals surface area contributed by atoms with Gasteiger partial charge in [-0.3, -0.25) is 30.6 Å². The van der Waals surface area contributed by atoms with Gasteiger partial charge in [0.1, 0.15) is 5.69 Å². The van der Waals surface area contributed by atoms with Crippen molar-refractivity contribution in [1.29, 1.82) is 0 Å². The SMILES string of the molecule is Cc1ccc(S(=O)(=O)O)cc1.NNc1cccc([N+](=O)[O-])c1[N+](=O)[O-]. The topological polar surface area (TPSA) is 179 Å². The molecule has 0 spiro atoms. The van der Waals surface area contributed by atoms with Crippen molar-refractivity contribution in [3.8, 4) is 0 Å². The summed E-state index contributed by atoms with van der Waals surface area (Å²) in [6.45, 7) is 1.84. The number of anilines is 1. The van der Waals surface area contributed by atoms with Gasteiger partial charge in [0.2, 0.25) is 0 Å². The molecule has 0 heterocycles. The minimum Gasteiger partial charge on any atom is -0.318 e. The first kappa shape index (κ1) is 20.0. The lowest BCUT2D eigenvalue weighted by Crippen LogP contribution is -2.10. The molecule has 0 saturated heterocycles. The van der Waals surface area contributed by atoms with E-state index < -0.39 is 31.3 Å². The minimum absolute atomic E-state index is 0.0666. The van der Waals surface area contributed by atoms with E-state index in [4.69, 9.17) is 10.4 Å². The minimum atomic E-state index is -4.02. The van der Waals surface area contributed by atoms with Gasteiger partial charge >= 0.3 is 11.4 Å². The number of nitrogens with one attached hydrogen (secondary N) is 1. The van der Waals surface area contributed by atoms with E-state index in [9.17, 15) is 28.6 Å². The Morgan fingerprint density at radius 3 is 2.00 bits per heavy atom. The summed E-state index contributed by atoms with van der Waals surface area (Å²) < 4.78 is 29.6. The number of nitrogens with two attached hydrogens (primary N) is 1. The van der Waals surface area contributed by atoms with Crippen LogP contribution in [-0.2, 0) is 10.1 Å². The molecular formula is C13H14N4O7S. The maximum atomic E-state index is 10.5. The largest absolute Gasteiger partial charge is 0.370 e. The molecule has 0 saturated carbocycles. The standard InChI is InChI=1S/C7H8O3S.C6H6N4O4/c1-6-2-4-7(5-3-6)11(8,9)10;7-8-4-2-1-3-5(9(11)12)6(4)10(13)14/h2-5H,1H3,(H,8,9,10);1-3,8H,7H2. The highest BCUT2D eigenvalue weighted by molar-refractivity contribution is 7.85. The van der Waals surface area contributed by atoms with Gasteiger partial charge in [-0.1, -0.05) is 23.8 Å². The summed E-state index contributed by atoms with van der Waals surface area (Å²) in [6.07, 6.45) is 0.